The summed E-state index contributed by atoms with van der Waals surface area (Å²) in [4.78, 5) is 34.9. The van der Waals surface area contributed by atoms with Gasteiger partial charge >= 0.3 is 0 Å². The lowest BCUT2D eigenvalue weighted by molar-refractivity contribution is -0.127. The van der Waals surface area contributed by atoms with E-state index in [1.54, 1.807) is 11.8 Å². The third-order valence-electron chi connectivity index (χ3n) is 4.55. The average molecular weight is 372 g/mol. The van der Waals surface area contributed by atoms with Crippen LogP contribution in [0.2, 0.25) is 0 Å². The van der Waals surface area contributed by atoms with Gasteiger partial charge in [-0.05, 0) is 31.4 Å². The van der Waals surface area contributed by atoms with Gasteiger partial charge in [0.15, 0.2) is 5.16 Å². The highest BCUT2D eigenvalue weighted by atomic mass is 32.2. The molecular weight excluding hydrogens is 348 g/mol. The van der Waals surface area contributed by atoms with Gasteiger partial charge in [-0.15, -0.1) is 0 Å². The van der Waals surface area contributed by atoms with Crippen LogP contribution in [0.5, 0.6) is 0 Å². The number of amides is 1. The van der Waals surface area contributed by atoms with E-state index < -0.39 is 0 Å². The molecule has 6 nitrogen and oxygen atoms in total. The average Bonchev–Trinajstić information content (AvgIpc) is 3.08. The second-order valence-electron chi connectivity index (χ2n) is 6.69. The Morgan fingerprint density at radius 3 is 2.88 bits per heavy atom. The number of thioether (sulfide) groups is 1. The third kappa shape index (κ3) is 4.88. The second kappa shape index (κ2) is 8.40. The lowest BCUT2D eigenvalue weighted by Gasteiger charge is -2.22. The van der Waals surface area contributed by atoms with E-state index in [9.17, 15) is 9.59 Å². The normalized spacial score (nSPS) is 16.7. The van der Waals surface area contributed by atoms with Crippen molar-refractivity contribution in [2.24, 2.45) is 5.92 Å². The number of anilines is 1. The van der Waals surface area contributed by atoms with Crippen LogP contribution in [0.25, 0.3) is 0 Å². The van der Waals surface area contributed by atoms with Gasteiger partial charge in [0.1, 0.15) is 0 Å². The molecule has 0 aliphatic carbocycles. The van der Waals surface area contributed by atoms with E-state index in [0.29, 0.717) is 16.8 Å². The van der Waals surface area contributed by atoms with E-state index in [0.717, 1.165) is 26.1 Å². The zero-order chi connectivity index (χ0) is 18.5. The molecule has 1 aromatic carbocycles. The molecule has 7 heteroatoms. The number of rotatable bonds is 6. The quantitative estimate of drug-likeness (QED) is 0.622. The van der Waals surface area contributed by atoms with Gasteiger partial charge in [-0.1, -0.05) is 30.0 Å². The van der Waals surface area contributed by atoms with Crippen molar-refractivity contribution in [1.29, 1.82) is 0 Å². The van der Waals surface area contributed by atoms with E-state index in [1.807, 2.05) is 13.1 Å². The van der Waals surface area contributed by atoms with E-state index in [1.165, 1.54) is 23.5 Å². The van der Waals surface area contributed by atoms with Crippen molar-refractivity contribution in [1.82, 2.24) is 14.9 Å². The Kier molecular flexibility index (Phi) is 5.98. The summed E-state index contributed by atoms with van der Waals surface area (Å²) >= 11 is 1.27. The summed E-state index contributed by atoms with van der Waals surface area (Å²) in [6.07, 6.45) is 1.09. The van der Waals surface area contributed by atoms with Gasteiger partial charge in [0, 0.05) is 44.1 Å². The largest absolute Gasteiger partial charge is 0.371 e. The van der Waals surface area contributed by atoms with E-state index in [4.69, 9.17) is 0 Å². The summed E-state index contributed by atoms with van der Waals surface area (Å²) in [5.74, 6) is 0.807. The molecule has 1 N–H and O–H groups in total. The SMILES string of the molecule is Cc1cc(=O)[nH]c(SCC(=O)N(C)CC2CCN(c3ccccc3)C2)n1. The van der Waals surface area contributed by atoms with Gasteiger partial charge in [-0.3, -0.25) is 9.59 Å². The smallest absolute Gasteiger partial charge is 0.251 e. The first-order valence-electron chi connectivity index (χ1n) is 8.76. The number of aromatic nitrogens is 2. The van der Waals surface area contributed by atoms with Crippen molar-refractivity contribution in [3.8, 4) is 0 Å². The number of benzene rings is 1. The summed E-state index contributed by atoms with van der Waals surface area (Å²) in [5.41, 5.74) is 1.71. The summed E-state index contributed by atoms with van der Waals surface area (Å²) < 4.78 is 0. The van der Waals surface area contributed by atoms with Crippen molar-refractivity contribution in [3.63, 3.8) is 0 Å². The maximum atomic E-state index is 12.4. The highest BCUT2D eigenvalue weighted by Gasteiger charge is 2.25. The molecule has 1 aromatic heterocycles. The zero-order valence-electron chi connectivity index (χ0n) is 15.1. The Hall–Kier alpha value is -2.28. The first-order valence-corrected chi connectivity index (χ1v) is 9.74. The van der Waals surface area contributed by atoms with Crippen LogP contribution >= 0.6 is 11.8 Å². The molecule has 0 spiro atoms. The Bertz CT molecular complexity index is 809. The van der Waals surface area contributed by atoms with Crippen molar-refractivity contribution in [2.75, 3.05) is 37.3 Å². The van der Waals surface area contributed by atoms with Crippen LogP contribution in [0, 0.1) is 12.8 Å². The molecule has 1 aliphatic heterocycles. The highest BCUT2D eigenvalue weighted by Crippen LogP contribution is 2.24. The molecule has 26 heavy (non-hydrogen) atoms. The Labute approximate surface area is 157 Å². The number of carbonyl (C=O) groups is 1. The molecule has 138 valence electrons. The molecule has 1 saturated heterocycles. The van der Waals surface area contributed by atoms with Crippen LogP contribution in [0.4, 0.5) is 5.69 Å². The molecule has 3 rings (SSSR count). The monoisotopic (exact) mass is 372 g/mol. The lowest BCUT2D eigenvalue weighted by atomic mass is 10.1. The fourth-order valence-corrected chi connectivity index (χ4v) is 4.07. The molecular formula is C19H24N4O2S. The molecule has 2 aromatic rings. The van der Waals surface area contributed by atoms with Crippen LogP contribution in [0.1, 0.15) is 12.1 Å². The number of hydrogen-bond acceptors (Lipinski definition) is 5. The topological polar surface area (TPSA) is 69.3 Å². The van der Waals surface area contributed by atoms with Crippen molar-refractivity contribution >= 4 is 23.4 Å². The number of hydrogen-bond donors (Lipinski definition) is 1. The predicted octanol–water partition coefficient (Wildman–Crippen LogP) is 2.16. The second-order valence-corrected chi connectivity index (χ2v) is 7.66. The van der Waals surface area contributed by atoms with Gasteiger partial charge < -0.3 is 14.8 Å². The molecule has 1 atom stereocenters. The first-order chi connectivity index (χ1) is 12.5. The molecule has 1 aliphatic rings. The molecule has 1 amide bonds. The summed E-state index contributed by atoms with van der Waals surface area (Å²) in [6.45, 7) is 4.52. The van der Waals surface area contributed by atoms with Gasteiger partial charge in [0.05, 0.1) is 5.75 Å². The molecule has 1 fully saturated rings. The van der Waals surface area contributed by atoms with Gasteiger partial charge in [0.25, 0.3) is 5.56 Å². The minimum atomic E-state index is -0.187. The maximum Gasteiger partial charge on any atom is 0.251 e. The summed E-state index contributed by atoms with van der Waals surface area (Å²) in [6, 6.07) is 11.8. The Morgan fingerprint density at radius 2 is 2.15 bits per heavy atom. The van der Waals surface area contributed by atoms with Crippen LogP contribution < -0.4 is 10.5 Å². The van der Waals surface area contributed by atoms with E-state index in [2.05, 4.69) is 39.1 Å². The number of H-pyrrole nitrogens is 1. The zero-order valence-corrected chi connectivity index (χ0v) is 16.0. The molecule has 1 unspecified atom stereocenters. The number of nitrogens with one attached hydrogen (secondary N) is 1. The van der Waals surface area contributed by atoms with E-state index >= 15 is 0 Å². The fourth-order valence-electron chi connectivity index (χ4n) is 3.20. The number of para-hydroxylation sites is 1. The first kappa shape index (κ1) is 18.5. The number of aryl methyl sites for hydroxylation is 1. The van der Waals surface area contributed by atoms with Crippen LogP contribution in [-0.4, -0.2) is 53.2 Å². The van der Waals surface area contributed by atoms with Gasteiger partial charge in [-0.25, -0.2) is 4.98 Å². The van der Waals surface area contributed by atoms with Crippen molar-refractivity contribution in [3.05, 3.63) is 52.4 Å². The standard InChI is InChI=1S/C19H24N4O2S/c1-14-10-17(24)21-19(20-14)26-13-18(25)22(2)11-15-8-9-23(12-15)16-6-4-3-5-7-16/h3-7,10,15H,8-9,11-13H2,1-2H3,(H,20,21,24). The maximum absolute atomic E-state index is 12.4. The number of carbonyl (C=O) groups excluding carboxylic acids is 1. The number of nitrogens with zero attached hydrogens (tertiary/aromatic N) is 3. The minimum Gasteiger partial charge on any atom is -0.371 e. The fraction of sp³-hybridized carbons (Fsp3) is 0.421. The van der Waals surface area contributed by atoms with Crippen LogP contribution in [0.15, 0.2) is 46.3 Å². The summed E-state index contributed by atoms with van der Waals surface area (Å²) in [5, 5.41) is 0.493. The van der Waals surface area contributed by atoms with Crippen molar-refractivity contribution < 1.29 is 4.79 Å². The molecule has 0 saturated carbocycles. The van der Waals surface area contributed by atoms with Crippen molar-refractivity contribution in [2.45, 2.75) is 18.5 Å². The van der Waals surface area contributed by atoms with Gasteiger partial charge in [-0.2, -0.15) is 0 Å². The van der Waals surface area contributed by atoms with Crippen LogP contribution in [0.3, 0.4) is 0 Å². The summed E-state index contributed by atoms with van der Waals surface area (Å²) in [7, 11) is 1.85. The predicted molar refractivity (Wildman–Crippen MR) is 105 cm³/mol. The van der Waals surface area contributed by atoms with Crippen LogP contribution in [-0.2, 0) is 4.79 Å². The highest BCUT2D eigenvalue weighted by molar-refractivity contribution is 7.99. The Balaban J connectivity index is 1.48. The third-order valence-corrected chi connectivity index (χ3v) is 5.40. The Morgan fingerprint density at radius 1 is 1.38 bits per heavy atom. The minimum absolute atomic E-state index is 0.0531. The van der Waals surface area contributed by atoms with Gasteiger partial charge in [0.2, 0.25) is 5.91 Å². The molecule has 2 heterocycles. The molecule has 0 radical (unpaired) electrons. The van der Waals surface area contributed by atoms with E-state index in [-0.39, 0.29) is 17.2 Å². The molecule has 0 bridgehead atoms. The lowest BCUT2D eigenvalue weighted by Crippen LogP contribution is -2.34. The number of aromatic amines is 1.